The smallest absolute Gasteiger partial charge is 0.0392 e. The van der Waals surface area contributed by atoms with Gasteiger partial charge < -0.3 is 0 Å². The lowest BCUT2D eigenvalue weighted by Gasteiger charge is -2.06. The molecule has 9 rings (SSSR count). The molecule has 83 heavy (non-hydrogen) atoms. The summed E-state index contributed by atoms with van der Waals surface area (Å²) in [6, 6.07) is 53.8. The summed E-state index contributed by atoms with van der Waals surface area (Å²) in [6.07, 6.45) is 0. The van der Waals surface area contributed by atoms with E-state index in [9.17, 15) is 0 Å². The zero-order chi connectivity index (χ0) is 63.4. The standard InChI is InChI=1S/3C10H14.5C9H12.C8H10/c1-7-5-8(2)10(4)9(3)6-7;2*1-7-5-6-8(2)10(4)9(7)3;1-7-4-8(2)6-9(3)5-7;2*1-7-4-5-8(2)9(3)6-7;2*1-7-5-4-6-8(2)9(7)3;1-7-5-3-4-6-8(7)2/h3*5-6H,1-4H3;5*4-6H,1-3H3;3-6H,1-2H3. The van der Waals surface area contributed by atoms with Crippen LogP contribution in [0.1, 0.15) is 161 Å². The molecule has 0 fully saturated rings. The Labute approximate surface area is 511 Å². The first-order valence-electron chi connectivity index (χ1n) is 30.0. The zero-order valence-electron chi connectivity index (χ0n) is 57.9. The van der Waals surface area contributed by atoms with Gasteiger partial charge >= 0.3 is 0 Å². The molecule has 0 aliphatic heterocycles. The molecular weight excluding hydrogens is 997 g/mol. The van der Waals surface area contributed by atoms with Gasteiger partial charge in [0.2, 0.25) is 0 Å². The second kappa shape index (κ2) is 37.2. The third-order valence-corrected chi connectivity index (χ3v) is 16.6. The highest BCUT2D eigenvalue weighted by atomic mass is 14.1. The Balaban J connectivity index is 0.000000467. The summed E-state index contributed by atoms with van der Waals surface area (Å²) in [7, 11) is 0. The van der Waals surface area contributed by atoms with Crippen molar-refractivity contribution in [1.82, 2.24) is 0 Å². The van der Waals surface area contributed by atoms with Gasteiger partial charge in [-0.3, -0.25) is 0 Å². The van der Waals surface area contributed by atoms with Crippen molar-refractivity contribution >= 4 is 0 Å². The van der Waals surface area contributed by atoms with Gasteiger partial charge in [0.25, 0.3) is 0 Å². The molecule has 0 spiro atoms. The molecule has 0 radical (unpaired) electrons. The summed E-state index contributed by atoms with van der Waals surface area (Å²) in [5, 5.41) is 0. The maximum absolute atomic E-state index is 2.22. The molecule has 0 saturated heterocycles. The van der Waals surface area contributed by atoms with E-state index in [0.29, 0.717) is 0 Å². The van der Waals surface area contributed by atoms with Crippen LogP contribution in [0.5, 0.6) is 0 Å². The number of hydrogen-bond acceptors (Lipinski definition) is 0. The van der Waals surface area contributed by atoms with E-state index in [1.807, 2.05) is 0 Å². The van der Waals surface area contributed by atoms with Crippen molar-refractivity contribution in [2.75, 3.05) is 0 Å². The Morgan fingerprint density at radius 3 is 0.518 bits per heavy atom. The molecule has 9 aromatic rings. The first kappa shape index (κ1) is 74.0. The third-order valence-electron chi connectivity index (χ3n) is 16.6. The summed E-state index contributed by atoms with van der Waals surface area (Å²) in [5.41, 5.74) is 40.2. The molecule has 0 aliphatic rings. The lowest BCUT2D eigenvalue weighted by Crippen LogP contribution is -1.88. The van der Waals surface area contributed by atoms with E-state index in [4.69, 9.17) is 0 Å². The summed E-state index contributed by atoms with van der Waals surface area (Å²) in [6.45, 7) is 62.2. The van der Waals surface area contributed by atoms with Crippen LogP contribution in [0.3, 0.4) is 0 Å². The van der Waals surface area contributed by atoms with E-state index < -0.39 is 0 Å². The number of benzene rings is 9. The molecule has 444 valence electrons. The Morgan fingerprint density at radius 1 is 0.120 bits per heavy atom. The van der Waals surface area contributed by atoms with Crippen molar-refractivity contribution in [2.45, 2.75) is 201 Å². The highest BCUT2D eigenvalue weighted by Gasteiger charge is 2.00. The second-order valence-corrected chi connectivity index (χ2v) is 23.9. The summed E-state index contributed by atoms with van der Waals surface area (Å²) in [5.74, 6) is 0. The Bertz CT molecular complexity index is 3080. The SMILES string of the molecule is Cc1cc(C)c(C)c(C)c1.Cc1cc(C)cc(C)c1.Cc1ccc(C)c(C)c1.Cc1ccc(C)c(C)c1.Cc1ccc(C)c(C)c1C.Cc1ccc(C)c(C)c1C.Cc1cccc(C)c1C.Cc1cccc(C)c1C.Cc1ccccc1C. The molecule has 0 saturated carbocycles. The summed E-state index contributed by atoms with van der Waals surface area (Å²) in [4.78, 5) is 0. The van der Waals surface area contributed by atoms with Gasteiger partial charge in [-0.2, -0.15) is 0 Å². The van der Waals surface area contributed by atoms with E-state index in [2.05, 4.69) is 352 Å². The number of hydrogen-bond donors (Lipinski definition) is 0. The van der Waals surface area contributed by atoms with E-state index in [1.54, 1.807) is 0 Å². The largest absolute Gasteiger partial charge is 0.0620 e. The lowest BCUT2D eigenvalue weighted by molar-refractivity contribution is 1.22. The molecular formula is C83H112. The lowest BCUT2D eigenvalue weighted by atomic mass is 10.0. The van der Waals surface area contributed by atoms with Gasteiger partial charge in [0.05, 0.1) is 0 Å². The monoisotopic (exact) mass is 1110 g/mol. The predicted octanol–water partition coefficient (Wildman–Crippen LogP) is 24.1. The van der Waals surface area contributed by atoms with Gasteiger partial charge in [0.15, 0.2) is 0 Å². The minimum Gasteiger partial charge on any atom is -0.0620 e. The van der Waals surface area contributed by atoms with Gasteiger partial charge in [-0.05, 0) is 329 Å². The first-order valence-corrected chi connectivity index (χ1v) is 30.0. The van der Waals surface area contributed by atoms with Crippen molar-refractivity contribution in [3.8, 4) is 0 Å². The van der Waals surface area contributed by atoms with Crippen LogP contribution >= 0.6 is 0 Å². The fraction of sp³-hybridized carbons (Fsp3) is 0.349. The Hall–Kier alpha value is -7.02. The molecule has 9 aromatic carbocycles. The highest BCUT2D eigenvalue weighted by Crippen LogP contribution is 2.18. The van der Waals surface area contributed by atoms with Crippen LogP contribution in [-0.4, -0.2) is 0 Å². The molecule has 0 unspecified atom stereocenters. The van der Waals surface area contributed by atoms with Crippen molar-refractivity contribution < 1.29 is 0 Å². The van der Waals surface area contributed by atoms with Crippen molar-refractivity contribution in [3.05, 3.63) is 313 Å². The van der Waals surface area contributed by atoms with Crippen LogP contribution in [-0.2, 0) is 0 Å². The van der Waals surface area contributed by atoms with Crippen molar-refractivity contribution in [1.29, 1.82) is 0 Å². The quantitative estimate of drug-likeness (QED) is 0.142. The van der Waals surface area contributed by atoms with Crippen molar-refractivity contribution in [2.24, 2.45) is 0 Å². The van der Waals surface area contributed by atoms with Gasteiger partial charge in [0.1, 0.15) is 0 Å². The van der Waals surface area contributed by atoms with Gasteiger partial charge in [0, 0.05) is 0 Å². The fourth-order valence-corrected chi connectivity index (χ4v) is 8.88. The van der Waals surface area contributed by atoms with Crippen molar-refractivity contribution in [3.63, 3.8) is 0 Å². The van der Waals surface area contributed by atoms with Gasteiger partial charge in [-0.25, -0.2) is 0 Å². The minimum atomic E-state index is 1.35. The molecule has 0 atom stereocenters. The average Bonchev–Trinajstić information content (AvgIpc) is 3.44. The maximum Gasteiger partial charge on any atom is -0.0392 e. The van der Waals surface area contributed by atoms with Crippen LogP contribution in [0, 0.1) is 201 Å². The van der Waals surface area contributed by atoms with E-state index in [0.717, 1.165) is 0 Å². The second-order valence-electron chi connectivity index (χ2n) is 23.9. The third kappa shape index (κ3) is 27.7. The summed E-state index contributed by atoms with van der Waals surface area (Å²) >= 11 is 0. The van der Waals surface area contributed by atoms with E-state index in [-0.39, 0.29) is 0 Å². The molecule has 0 heterocycles. The molecule has 0 bridgehead atoms. The average molecular weight is 1110 g/mol. The Kier molecular flexibility index (Phi) is 33.2. The van der Waals surface area contributed by atoms with Crippen LogP contribution in [0.4, 0.5) is 0 Å². The molecule has 0 N–H and O–H groups in total. The molecule has 0 nitrogen and oxygen atoms in total. The van der Waals surface area contributed by atoms with Crippen LogP contribution in [0.15, 0.2) is 152 Å². The number of aryl methyl sites for hydroxylation is 22. The van der Waals surface area contributed by atoms with E-state index >= 15 is 0 Å². The molecule has 0 aromatic heterocycles. The van der Waals surface area contributed by atoms with Crippen LogP contribution in [0.25, 0.3) is 0 Å². The summed E-state index contributed by atoms with van der Waals surface area (Å²) < 4.78 is 0. The molecule has 0 heteroatoms. The normalized spacial score (nSPS) is 9.75. The Morgan fingerprint density at radius 2 is 0.301 bits per heavy atom. The highest BCUT2D eigenvalue weighted by molar-refractivity contribution is 5.40. The zero-order valence-corrected chi connectivity index (χ0v) is 57.9. The topological polar surface area (TPSA) is 0 Å². The minimum absolute atomic E-state index is 1.35. The van der Waals surface area contributed by atoms with E-state index in [1.165, 1.54) is 161 Å². The predicted molar refractivity (Wildman–Crippen MR) is 375 cm³/mol. The first-order chi connectivity index (χ1) is 38.7. The number of rotatable bonds is 0. The van der Waals surface area contributed by atoms with Crippen LogP contribution < -0.4 is 0 Å². The molecule has 0 amide bonds. The van der Waals surface area contributed by atoms with Crippen LogP contribution in [0.2, 0.25) is 0 Å². The van der Waals surface area contributed by atoms with Gasteiger partial charge in [-0.15, -0.1) is 0 Å². The molecule has 0 aliphatic carbocycles. The maximum atomic E-state index is 2.22. The fourth-order valence-electron chi connectivity index (χ4n) is 8.88. The van der Waals surface area contributed by atoms with Gasteiger partial charge in [-0.1, -0.05) is 185 Å².